The molecule has 0 aliphatic carbocycles. The van der Waals surface area contributed by atoms with Crippen LogP contribution in [0.5, 0.6) is 0 Å². The van der Waals surface area contributed by atoms with Crippen molar-refractivity contribution in [2.75, 3.05) is 39.6 Å². The van der Waals surface area contributed by atoms with Crippen molar-refractivity contribution in [1.82, 2.24) is 0 Å². The Balaban J connectivity index is 5.25. The van der Waals surface area contributed by atoms with Crippen molar-refractivity contribution in [1.29, 1.82) is 0 Å². The zero-order valence-corrected chi connectivity index (χ0v) is 59.8. The number of unbranched alkanes of at least 4 members (excludes halogenated alkanes) is 32. The third-order valence-corrected chi connectivity index (χ3v) is 18.3. The van der Waals surface area contributed by atoms with E-state index in [0.29, 0.717) is 31.6 Å². The van der Waals surface area contributed by atoms with Gasteiger partial charge in [-0.3, -0.25) is 37.3 Å². The van der Waals surface area contributed by atoms with Crippen LogP contribution in [0.3, 0.4) is 0 Å². The van der Waals surface area contributed by atoms with Crippen molar-refractivity contribution in [2.45, 2.75) is 363 Å². The number of aliphatic hydroxyl groups excluding tert-OH is 1. The Kier molecular flexibility index (Phi) is 58.5. The lowest BCUT2D eigenvalue weighted by Crippen LogP contribution is -2.30. The highest BCUT2D eigenvalue weighted by Crippen LogP contribution is 2.45. The SMILES string of the molecule is CCC(C)CCCCCCCCCCC(=O)O[C@H](COC(=O)CCCCCCCCC(C)C)COP(=O)(O)OC[C@H](O)COP(=O)(O)OC[C@@H](COC(=O)CCCCCCCCCCCC(C)C)OC(=O)CCCCCCCCCCCCCCCC(C)C. The van der Waals surface area contributed by atoms with Gasteiger partial charge in [-0.2, -0.15) is 0 Å². The predicted molar refractivity (Wildman–Crippen MR) is 358 cm³/mol. The van der Waals surface area contributed by atoms with E-state index in [1.165, 1.54) is 141 Å². The van der Waals surface area contributed by atoms with Gasteiger partial charge >= 0.3 is 39.5 Å². The summed E-state index contributed by atoms with van der Waals surface area (Å²) in [6, 6.07) is 0. The highest BCUT2D eigenvalue weighted by atomic mass is 31.2. The van der Waals surface area contributed by atoms with Crippen LogP contribution in [0.2, 0.25) is 0 Å². The molecule has 528 valence electrons. The Morgan fingerprint density at radius 3 is 0.798 bits per heavy atom. The standard InChI is InChI=1S/C70H136O17P2/c1-9-63(8)49-41-33-24-20-21-27-37-45-53-70(75)87-66(57-81-68(73)51-43-35-29-28-32-40-48-62(6)7)59-85-89(78,79)83-55-64(71)54-82-88(76,77)84-58-65(56-80-67(72)50-42-34-25-19-15-17-23-31-39-47-61(4)5)86-69(74)52-44-36-26-18-14-12-10-11-13-16-22-30-38-46-60(2)3/h60-66,71H,9-59H2,1-8H3,(H,76,77)(H,78,79)/t63?,64-,65-,66-/m1/s1. The van der Waals surface area contributed by atoms with Gasteiger partial charge in [-0.1, -0.05) is 293 Å². The lowest BCUT2D eigenvalue weighted by Gasteiger charge is -2.21. The molecule has 0 radical (unpaired) electrons. The molecule has 0 aliphatic rings. The largest absolute Gasteiger partial charge is 0.472 e. The molecule has 0 heterocycles. The second-order valence-corrected chi connectivity index (χ2v) is 29.8. The van der Waals surface area contributed by atoms with E-state index in [9.17, 15) is 43.2 Å². The number of phosphoric acid groups is 2. The van der Waals surface area contributed by atoms with Crippen LogP contribution in [-0.4, -0.2) is 96.7 Å². The first-order valence-electron chi connectivity index (χ1n) is 36.2. The lowest BCUT2D eigenvalue weighted by atomic mass is 9.99. The van der Waals surface area contributed by atoms with Crippen LogP contribution in [0.4, 0.5) is 0 Å². The Hall–Kier alpha value is -1.94. The summed E-state index contributed by atoms with van der Waals surface area (Å²) in [6.45, 7) is 14.1. The number of phosphoric ester groups is 2. The van der Waals surface area contributed by atoms with Crippen LogP contribution in [-0.2, 0) is 65.4 Å². The van der Waals surface area contributed by atoms with Crippen molar-refractivity contribution in [3.8, 4) is 0 Å². The van der Waals surface area contributed by atoms with E-state index in [2.05, 4.69) is 55.4 Å². The van der Waals surface area contributed by atoms with Crippen molar-refractivity contribution in [3.05, 3.63) is 0 Å². The molecule has 6 atom stereocenters. The minimum Gasteiger partial charge on any atom is -0.462 e. The maximum absolute atomic E-state index is 13.0. The minimum atomic E-state index is -4.95. The molecule has 0 fully saturated rings. The smallest absolute Gasteiger partial charge is 0.462 e. The van der Waals surface area contributed by atoms with Gasteiger partial charge in [-0.25, -0.2) is 9.13 Å². The van der Waals surface area contributed by atoms with Crippen molar-refractivity contribution in [3.63, 3.8) is 0 Å². The average Bonchev–Trinajstić information content (AvgIpc) is 3.70. The minimum absolute atomic E-state index is 0.103. The molecule has 0 aliphatic heterocycles. The molecule has 0 saturated carbocycles. The van der Waals surface area contributed by atoms with E-state index in [0.717, 1.165) is 114 Å². The first-order valence-corrected chi connectivity index (χ1v) is 39.2. The summed E-state index contributed by atoms with van der Waals surface area (Å²) >= 11 is 0. The zero-order valence-electron chi connectivity index (χ0n) is 58.1. The lowest BCUT2D eigenvalue weighted by molar-refractivity contribution is -0.161. The maximum Gasteiger partial charge on any atom is 0.472 e. The first kappa shape index (κ1) is 87.1. The molecule has 0 aromatic rings. The molecule has 0 rings (SSSR count). The Labute approximate surface area is 543 Å². The van der Waals surface area contributed by atoms with E-state index in [4.69, 9.17) is 37.0 Å². The van der Waals surface area contributed by atoms with Gasteiger partial charge < -0.3 is 33.8 Å². The molecule has 89 heavy (non-hydrogen) atoms. The predicted octanol–water partition coefficient (Wildman–Crippen LogP) is 19.7. The van der Waals surface area contributed by atoms with Gasteiger partial charge in [-0.15, -0.1) is 0 Å². The van der Waals surface area contributed by atoms with Gasteiger partial charge in [0, 0.05) is 25.7 Å². The van der Waals surface area contributed by atoms with Crippen LogP contribution in [0, 0.1) is 23.7 Å². The maximum atomic E-state index is 13.0. The third-order valence-electron chi connectivity index (χ3n) is 16.4. The molecule has 0 saturated heterocycles. The normalized spacial score (nSPS) is 14.6. The van der Waals surface area contributed by atoms with Crippen molar-refractivity contribution in [2.24, 2.45) is 23.7 Å². The van der Waals surface area contributed by atoms with Crippen molar-refractivity contribution < 1.29 is 80.2 Å². The number of hydrogen-bond acceptors (Lipinski definition) is 15. The second kappa shape index (κ2) is 59.8. The quantitative estimate of drug-likeness (QED) is 0.0222. The number of carbonyl (C=O) groups is 4. The number of carbonyl (C=O) groups excluding carboxylic acids is 4. The number of hydrogen-bond donors (Lipinski definition) is 3. The molecular weight excluding hydrogens is 1170 g/mol. The van der Waals surface area contributed by atoms with Crippen LogP contribution in [0.15, 0.2) is 0 Å². The molecule has 3 unspecified atom stereocenters. The Morgan fingerprint density at radius 2 is 0.539 bits per heavy atom. The molecular formula is C70H136O17P2. The number of aliphatic hydroxyl groups is 1. The first-order chi connectivity index (χ1) is 42.6. The molecule has 0 bridgehead atoms. The van der Waals surface area contributed by atoms with Gasteiger partial charge in [0.25, 0.3) is 0 Å². The van der Waals surface area contributed by atoms with Crippen LogP contribution >= 0.6 is 15.6 Å². The average molecular weight is 1310 g/mol. The third kappa shape index (κ3) is 63.2. The molecule has 0 spiro atoms. The van der Waals surface area contributed by atoms with Gasteiger partial charge in [0.2, 0.25) is 0 Å². The second-order valence-electron chi connectivity index (χ2n) is 26.9. The van der Waals surface area contributed by atoms with Crippen LogP contribution in [0.25, 0.3) is 0 Å². The summed E-state index contributed by atoms with van der Waals surface area (Å²) in [6.07, 6.45) is 41.8. The molecule has 17 nitrogen and oxygen atoms in total. The number of ether oxygens (including phenoxy) is 4. The fraction of sp³-hybridized carbons (Fsp3) is 0.943. The van der Waals surface area contributed by atoms with Gasteiger partial charge in [0.1, 0.15) is 19.3 Å². The zero-order chi connectivity index (χ0) is 66.1. The summed E-state index contributed by atoms with van der Waals surface area (Å²) in [5, 5.41) is 10.6. The van der Waals surface area contributed by atoms with E-state index in [-0.39, 0.29) is 25.7 Å². The van der Waals surface area contributed by atoms with E-state index < -0.39 is 97.5 Å². The highest BCUT2D eigenvalue weighted by Gasteiger charge is 2.30. The summed E-state index contributed by atoms with van der Waals surface area (Å²) in [4.78, 5) is 72.5. The van der Waals surface area contributed by atoms with E-state index in [1.54, 1.807) is 0 Å². The van der Waals surface area contributed by atoms with Crippen molar-refractivity contribution >= 4 is 39.5 Å². The summed E-state index contributed by atoms with van der Waals surface area (Å²) in [5.41, 5.74) is 0. The summed E-state index contributed by atoms with van der Waals surface area (Å²) < 4.78 is 68.3. The van der Waals surface area contributed by atoms with Crippen LogP contribution in [0.1, 0.15) is 344 Å². The molecule has 0 amide bonds. The molecule has 0 aromatic heterocycles. The van der Waals surface area contributed by atoms with Gasteiger partial charge in [0.05, 0.1) is 26.4 Å². The fourth-order valence-electron chi connectivity index (χ4n) is 10.5. The molecule has 19 heteroatoms. The Morgan fingerprint density at radius 1 is 0.315 bits per heavy atom. The summed E-state index contributed by atoms with van der Waals surface area (Å²) in [7, 11) is -9.90. The van der Waals surface area contributed by atoms with Gasteiger partial charge in [0.15, 0.2) is 12.2 Å². The summed E-state index contributed by atoms with van der Waals surface area (Å²) in [5.74, 6) is 0.847. The number of esters is 4. The Bertz CT molecular complexity index is 1770. The molecule has 0 aromatic carbocycles. The monoisotopic (exact) mass is 1310 g/mol. The highest BCUT2D eigenvalue weighted by molar-refractivity contribution is 7.47. The van der Waals surface area contributed by atoms with Gasteiger partial charge in [-0.05, 0) is 49.4 Å². The molecule has 3 N–H and O–H groups in total. The van der Waals surface area contributed by atoms with E-state index >= 15 is 0 Å². The topological polar surface area (TPSA) is 237 Å². The van der Waals surface area contributed by atoms with Crippen LogP contribution < -0.4 is 0 Å². The van der Waals surface area contributed by atoms with E-state index in [1.807, 2.05) is 0 Å². The fourth-order valence-corrected chi connectivity index (χ4v) is 12.0. The number of rotatable bonds is 67.